The molecule has 120 valence electrons. The van der Waals surface area contributed by atoms with Crippen molar-refractivity contribution in [2.45, 2.75) is 26.0 Å². The third kappa shape index (κ3) is 2.83. The van der Waals surface area contributed by atoms with Crippen molar-refractivity contribution >= 4 is 0 Å². The maximum absolute atomic E-state index is 12.1. The van der Waals surface area contributed by atoms with Crippen LogP contribution in [0.1, 0.15) is 18.1 Å². The van der Waals surface area contributed by atoms with Gasteiger partial charge in [-0.25, -0.2) is 4.68 Å². The van der Waals surface area contributed by atoms with Gasteiger partial charge in [0.2, 0.25) is 0 Å². The van der Waals surface area contributed by atoms with Crippen LogP contribution in [0.15, 0.2) is 65.5 Å². The topological polar surface area (TPSA) is 44.1 Å². The molecule has 4 heteroatoms. The molecule has 0 amide bonds. The van der Waals surface area contributed by atoms with E-state index in [1.54, 1.807) is 12.1 Å². The number of hydrogen-bond acceptors (Lipinski definition) is 3. The smallest absolute Gasteiger partial charge is 0.267 e. The summed E-state index contributed by atoms with van der Waals surface area (Å²) in [5, 5.41) is 4.55. The lowest BCUT2D eigenvalue weighted by molar-refractivity contribution is 0.254. The van der Waals surface area contributed by atoms with Gasteiger partial charge in [-0.05, 0) is 42.3 Å². The SMILES string of the molecule is CC1Cc2cc(-c3ccc(=O)n(Cc4ccccc4)n3)ccc2O1. The van der Waals surface area contributed by atoms with Crippen molar-refractivity contribution in [3.05, 3.63) is 82.1 Å². The van der Waals surface area contributed by atoms with E-state index in [1.807, 2.05) is 42.5 Å². The van der Waals surface area contributed by atoms with Gasteiger partial charge < -0.3 is 4.74 Å². The number of hydrogen-bond donors (Lipinski definition) is 0. The fourth-order valence-electron chi connectivity index (χ4n) is 3.05. The second-order valence-corrected chi connectivity index (χ2v) is 6.16. The summed E-state index contributed by atoms with van der Waals surface area (Å²) in [6.07, 6.45) is 1.13. The zero-order valence-electron chi connectivity index (χ0n) is 13.5. The van der Waals surface area contributed by atoms with Crippen molar-refractivity contribution in [1.82, 2.24) is 9.78 Å². The van der Waals surface area contributed by atoms with E-state index in [9.17, 15) is 4.79 Å². The maximum atomic E-state index is 12.1. The van der Waals surface area contributed by atoms with Crippen molar-refractivity contribution in [3.63, 3.8) is 0 Å². The lowest BCUT2D eigenvalue weighted by atomic mass is 10.0. The number of fused-ring (bicyclic) bond motifs is 1. The quantitative estimate of drug-likeness (QED) is 0.744. The molecule has 1 atom stereocenters. The van der Waals surface area contributed by atoms with Crippen LogP contribution in [-0.4, -0.2) is 15.9 Å². The van der Waals surface area contributed by atoms with E-state index in [0.29, 0.717) is 6.54 Å². The molecule has 0 bridgehead atoms. The standard InChI is InChI=1S/C20H18N2O2/c1-14-11-17-12-16(7-9-19(17)24-14)18-8-10-20(23)22(21-18)13-15-5-3-2-4-6-15/h2-10,12,14H,11,13H2,1H3. The molecule has 1 aromatic heterocycles. The van der Waals surface area contributed by atoms with Crippen molar-refractivity contribution in [3.8, 4) is 17.0 Å². The molecule has 2 heterocycles. The highest BCUT2D eigenvalue weighted by molar-refractivity contribution is 5.62. The molecule has 0 saturated carbocycles. The summed E-state index contributed by atoms with van der Waals surface area (Å²) in [6.45, 7) is 2.54. The Morgan fingerprint density at radius 3 is 2.79 bits per heavy atom. The third-order valence-electron chi connectivity index (χ3n) is 4.23. The van der Waals surface area contributed by atoms with Crippen molar-refractivity contribution in [2.75, 3.05) is 0 Å². The summed E-state index contributed by atoms with van der Waals surface area (Å²) >= 11 is 0. The second-order valence-electron chi connectivity index (χ2n) is 6.16. The van der Waals surface area contributed by atoms with Gasteiger partial charge >= 0.3 is 0 Å². The van der Waals surface area contributed by atoms with E-state index in [2.05, 4.69) is 18.1 Å². The van der Waals surface area contributed by atoms with E-state index < -0.39 is 0 Å². The summed E-state index contributed by atoms with van der Waals surface area (Å²) in [7, 11) is 0. The highest BCUT2D eigenvalue weighted by Gasteiger charge is 2.19. The van der Waals surface area contributed by atoms with Crippen LogP contribution in [0.25, 0.3) is 11.3 Å². The third-order valence-corrected chi connectivity index (χ3v) is 4.23. The molecular weight excluding hydrogens is 300 g/mol. The Morgan fingerprint density at radius 2 is 1.96 bits per heavy atom. The lowest BCUT2D eigenvalue weighted by Crippen LogP contribution is -2.22. The van der Waals surface area contributed by atoms with Gasteiger partial charge in [-0.2, -0.15) is 5.10 Å². The zero-order chi connectivity index (χ0) is 16.5. The van der Waals surface area contributed by atoms with Gasteiger partial charge in [0.15, 0.2) is 0 Å². The van der Waals surface area contributed by atoms with E-state index in [-0.39, 0.29) is 11.7 Å². The predicted molar refractivity (Wildman–Crippen MR) is 93.3 cm³/mol. The average molecular weight is 318 g/mol. The van der Waals surface area contributed by atoms with Crippen LogP contribution in [0.3, 0.4) is 0 Å². The number of nitrogens with zero attached hydrogens (tertiary/aromatic N) is 2. The van der Waals surface area contributed by atoms with Crippen LogP contribution in [0.4, 0.5) is 0 Å². The van der Waals surface area contributed by atoms with Gasteiger partial charge in [0, 0.05) is 18.1 Å². The summed E-state index contributed by atoms with van der Waals surface area (Å²) in [6, 6.07) is 19.3. The molecular formula is C20H18N2O2. The van der Waals surface area contributed by atoms with E-state index in [0.717, 1.165) is 29.0 Å². The Labute approximate surface area is 140 Å². The van der Waals surface area contributed by atoms with Crippen LogP contribution < -0.4 is 10.3 Å². The van der Waals surface area contributed by atoms with E-state index >= 15 is 0 Å². The zero-order valence-corrected chi connectivity index (χ0v) is 13.5. The molecule has 0 fully saturated rings. The Balaban J connectivity index is 1.69. The Hall–Kier alpha value is -2.88. The molecule has 1 aliphatic rings. The fourth-order valence-corrected chi connectivity index (χ4v) is 3.05. The van der Waals surface area contributed by atoms with Crippen LogP contribution in [0, 0.1) is 0 Å². The molecule has 0 spiro atoms. The highest BCUT2D eigenvalue weighted by Crippen LogP contribution is 2.32. The molecule has 24 heavy (non-hydrogen) atoms. The van der Waals surface area contributed by atoms with Crippen molar-refractivity contribution < 1.29 is 4.74 Å². The first-order valence-corrected chi connectivity index (χ1v) is 8.11. The van der Waals surface area contributed by atoms with Gasteiger partial charge in [0.1, 0.15) is 11.9 Å². The largest absolute Gasteiger partial charge is 0.490 e. The Morgan fingerprint density at radius 1 is 1.12 bits per heavy atom. The van der Waals surface area contributed by atoms with Gasteiger partial charge in [-0.3, -0.25) is 4.79 Å². The normalized spacial score (nSPS) is 15.8. The molecule has 0 N–H and O–H groups in total. The molecule has 0 radical (unpaired) electrons. The van der Waals surface area contributed by atoms with E-state index in [1.165, 1.54) is 10.2 Å². The number of ether oxygens (including phenoxy) is 1. The van der Waals surface area contributed by atoms with Gasteiger partial charge in [-0.1, -0.05) is 30.3 Å². The summed E-state index contributed by atoms with van der Waals surface area (Å²) in [5.74, 6) is 0.948. The van der Waals surface area contributed by atoms with Crippen LogP contribution in [0.2, 0.25) is 0 Å². The Kier molecular flexibility index (Phi) is 3.65. The van der Waals surface area contributed by atoms with Crippen molar-refractivity contribution in [1.29, 1.82) is 0 Å². The van der Waals surface area contributed by atoms with E-state index in [4.69, 9.17) is 4.74 Å². The predicted octanol–water partition coefficient (Wildman–Crippen LogP) is 3.28. The molecule has 1 aliphatic heterocycles. The first-order chi connectivity index (χ1) is 11.7. The van der Waals surface area contributed by atoms with Gasteiger partial charge in [-0.15, -0.1) is 0 Å². The summed E-state index contributed by atoms with van der Waals surface area (Å²) < 4.78 is 7.25. The van der Waals surface area contributed by atoms with Gasteiger partial charge in [0.05, 0.1) is 12.2 Å². The molecule has 2 aromatic carbocycles. The summed E-state index contributed by atoms with van der Waals surface area (Å²) in [5.41, 5.74) is 3.96. The monoisotopic (exact) mass is 318 g/mol. The summed E-state index contributed by atoms with van der Waals surface area (Å²) in [4.78, 5) is 12.1. The number of benzene rings is 2. The minimum Gasteiger partial charge on any atom is -0.490 e. The molecule has 4 nitrogen and oxygen atoms in total. The molecule has 3 aromatic rings. The first kappa shape index (κ1) is 14.7. The second kappa shape index (κ2) is 5.96. The first-order valence-electron chi connectivity index (χ1n) is 8.11. The molecule has 1 unspecified atom stereocenters. The molecule has 0 saturated heterocycles. The lowest BCUT2D eigenvalue weighted by Gasteiger charge is -2.08. The van der Waals surface area contributed by atoms with Crippen LogP contribution >= 0.6 is 0 Å². The Bertz CT molecular complexity index is 932. The van der Waals surface area contributed by atoms with Crippen molar-refractivity contribution in [2.24, 2.45) is 0 Å². The molecule has 4 rings (SSSR count). The van der Waals surface area contributed by atoms with Crippen LogP contribution in [-0.2, 0) is 13.0 Å². The van der Waals surface area contributed by atoms with Crippen LogP contribution in [0.5, 0.6) is 5.75 Å². The number of rotatable bonds is 3. The average Bonchev–Trinajstić information content (AvgIpc) is 2.97. The maximum Gasteiger partial charge on any atom is 0.267 e. The minimum absolute atomic E-state index is 0.0966. The number of aromatic nitrogens is 2. The highest BCUT2D eigenvalue weighted by atomic mass is 16.5. The molecule has 0 aliphatic carbocycles. The minimum atomic E-state index is -0.0966. The fraction of sp³-hybridized carbons (Fsp3) is 0.200. The van der Waals surface area contributed by atoms with Gasteiger partial charge in [0.25, 0.3) is 5.56 Å².